The molecule has 0 aromatic heterocycles. The Morgan fingerprint density at radius 2 is 2.00 bits per heavy atom. The predicted molar refractivity (Wildman–Crippen MR) is 83.9 cm³/mol. The molecule has 6 heteroatoms. The fourth-order valence-electron chi connectivity index (χ4n) is 1.94. The highest BCUT2D eigenvalue weighted by atomic mass is 16.6. The summed E-state index contributed by atoms with van der Waals surface area (Å²) in [6.07, 6.45) is 2.21. The number of carbonyl (C=O) groups is 1. The number of amides is 1. The fourth-order valence-corrected chi connectivity index (χ4v) is 1.94. The lowest BCUT2D eigenvalue weighted by molar-refractivity contribution is -0.385. The van der Waals surface area contributed by atoms with Gasteiger partial charge in [-0.05, 0) is 24.6 Å². The van der Waals surface area contributed by atoms with Gasteiger partial charge in [-0.15, -0.1) is 0 Å². The van der Waals surface area contributed by atoms with E-state index in [0.29, 0.717) is 17.5 Å². The van der Waals surface area contributed by atoms with Crippen LogP contribution in [0, 0.1) is 17.0 Å². The lowest BCUT2D eigenvalue weighted by Crippen LogP contribution is -2.17. The van der Waals surface area contributed by atoms with E-state index in [4.69, 9.17) is 0 Å². The number of rotatable bonds is 5. The van der Waals surface area contributed by atoms with E-state index in [9.17, 15) is 14.9 Å². The highest BCUT2D eigenvalue weighted by Crippen LogP contribution is 2.18. The maximum absolute atomic E-state index is 11.9. The Morgan fingerprint density at radius 1 is 1.27 bits per heavy atom. The molecule has 0 aliphatic rings. The van der Waals surface area contributed by atoms with Crippen molar-refractivity contribution < 1.29 is 9.72 Å². The van der Waals surface area contributed by atoms with Crippen molar-refractivity contribution in [3.05, 3.63) is 75.3 Å². The van der Waals surface area contributed by atoms with Crippen molar-refractivity contribution >= 4 is 17.8 Å². The van der Waals surface area contributed by atoms with Gasteiger partial charge in [0.2, 0.25) is 0 Å². The van der Waals surface area contributed by atoms with Crippen LogP contribution in [0.3, 0.4) is 0 Å². The molecule has 0 radical (unpaired) electrons. The Kier molecular flexibility index (Phi) is 4.98. The largest absolute Gasteiger partial charge is 0.272 e. The van der Waals surface area contributed by atoms with E-state index in [1.165, 1.54) is 18.2 Å². The van der Waals surface area contributed by atoms with E-state index in [1.54, 1.807) is 13.1 Å². The minimum Gasteiger partial charge on any atom is -0.267 e. The first kappa shape index (κ1) is 15.4. The topological polar surface area (TPSA) is 84.6 Å². The Hall–Kier alpha value is -3.02. The van der Waals surface area contributed by atoms with Crippen LogP contribution in [0.2, 0.25) is 0 Å². The van der Waals surface area contributed by atoms with Gasteiger partial charge < -0.3 is 0 Å². The van der Waals surface area contributed by atoms with Gasteiger partial charge in [0, 0.05) is 29.8 Å². The number of hydrogen-bond acceptors (Lipinski definition) is 4. The Morgan fingerprint density at radius 3 is 2.64 bits per heavy atom. The van der Waals surface area contributed by atoms with Crippen molar-refractivity contribution in [3.63, 3.8) is 0 Å². The number of nitrogens with one attached hydrogen (secondary N) is 1. The Balaban J connectivity index is 1.95. The third kappa shape index (κ3) is 3.99. The summed E-state index contributed by atoms with van der Waals surface area (Å²) in [7, 11) is 0. The summed E-state index contributed by atoms with van der Waals surface area (Å²) in [6, 6.07) is 13.9. The summed E-state index contributed by atoms with van der Waals surface area (Å²) in [5.74, 6) is -0.401. The number of benzene rings is 2. The van der Waals surface area contributed by atoms with Gasteiger partial charge in [0.1, 0.15) is 0 Å². The summed E-state index contributed by atoms with van der Waals surface area (Å²) >= 11 is 0. The number of hydrogen-bond donors (Lipinski definition) is 1. The number of nitro groups is 1. The van der Waals surface area contributed by atoms with Crippen LogP contribution in [0.5, 0.6) is 0 Å². The number of nitrogens with zero attached hydrogens (tertiary/aromatic N) is 2. The molecule has 0 spiro atoms. The van der Waals surface area contributed by atoms with Gasteiger partial charge in [0.05, 0.1) is 4.92 Å². The molecule has 2 aromatic carbocycles. The molecule has 1 N–H and O–H groups in total. The molecule has 0 atom stereocenters. The van der Waals surface area contributed by atoms with Crippen LogP contribution >= 0.6 is 0 Å². The fraction of sp³-hybridized carbons (Fsp3) is 0.125. The lowest BCUT2D eigenvalue weighted by Gasteiger charge is -2.02. The normalized spacial score (nSPS) is 10.6. The molecule has 0 heterocycles. The minimum absolute atomic E-state index is 0.0101. The summed E-state index contributed by atoms with van der Waals surface area (Å²) in [5, 5.41) is 14.6. The molecule has 0 unspecified atom stereocenters. The maximum Gasteiger partial charge on any atom is 0.272 e. The molecule has 0 aliphatic heterocycles. The summed E-state index contributed by atoms with van der Waals surface area (Å²) in [5.41, 5.74) is 4.25. The van der Waals surface area contributed by atoms with E-state index < -0.39 is 10.8 Å². The van der Waals surface area contributed by atoms with Gasteiger partial charge in [-0.3, -0.25) is 14.9 Å². The van der Waals surface area contributed by atoms with Crippen molar-refractivity contribution in [2.24, 2.45) is 5.10 Å². The lowest BCUT2D eigenvalue weighted by atomic mass is 10.1. The van der Waals surface area contributed by atoms with E-state index in [0.717, 1.165) is 5.56 Å². The summed E-state index contributed by atoms with van der Waals surface area (Å²) < 4.78 is 0. The SMILES string of the molecule is Cc1cc(C(=O)NN=CCc2ccccc2)ccc1[N+](=O)[O-]. The Bertz CT molecular complexity index is 712. The summed E-state index contributed by atoms with van der Waals surface area (Å²) in [4.78, 5) is 22.1. The highest BCUT2D eigenvalue weighted by Gasteiger charge is 2.13. The van der Waals surface area contributed by atoms with Gasteiger partial charge in [-0.25, -0.2) is 5.43 Å². The average Bonchev–Trinajstić information content (AvgIpc) is 2.52. The third-order valence-electron chi connectivity index (χ3n) is 3.08. The van der Waals surface area contributed by atoms with Crippen molar-refractivity contribution in [1.29, 1.82) is 0 Å². The maximum atomic E-state index is 11.9. The second-order valence-corrected chi connectivity index (χ2v) is 4.70. The molecule has 0 saturated carbocycles. The summed E-state index contributed by atoms with van der Waals surface area (Å²) in [6.45, 7) is 1.59. The van der Waals surface area contributed by atoms with E-state index in [-0.39, 0.29) is 5.69 Å². The molecular weight excluding hydrogens is 282 g/mol. The van der Waals surface area contributed by atoms with Crippen LogP contribution in [-0.4, -0.2) is 17.0 Å². The number of nitro benzene ring substituents is 1. The zero-order valence-electron chi connectivity index (χ0n) is 12.0. The molecule has 2 aromatic rings. The monoisotopic (exact) mass is 297 g/mol. The van der Waals surface area contributed by atoms with E-state index in [2.05, 4.69) is 10.5 Å². The third-order valence-corrected chi connectivity index (χ3v) is 3.08. The molecular formula is C16H15N3O3. The minimum atomic E-state index is -0.477. The predicted octanol–water partition coefficient (Wildman–Crippen LogP) is 2.86. The van der Waals surface area contributed by atoms with Gasteiger partial charge >= 0.3 is 0 Å². The Labute approximate surface area is 127 Å². The standard InChI is InChI=1S/C16H15N3O3/c1-12-11-14(7-8-15(12)19(21)22)16(20)18-17-10-9-13-5-3-2-4-6-13/h2-8,10-11H,9H2,1H3,(H,18,20). The molecule has 0 bridgehead atoms. The smallest absolute Gasteiger partial charge is 0.267 e. The zero-order chi connectivity index (χ0) is 15.9. The van der Waals surface area contributed by atoms with E-state index >= 15 is 0 Å². The van der Waals surface area contributed by atoms with Gasteiger partial charge in [-0.1, -0.05) is 30.3 Å². The molecule has 0 fully saturated rings. The molecule has 22 heavy (non-hydrogen) atoms. The van der Waals surface area contributed by atoms with Crippen molar-refractivity contribution in [3.8, 4) is 0 Å². The van der Waals surface area contributed by atoms with Crippen molar-refractivity contribution in [1.82, 2.24) is 5.43 Å². The van der Waals surface area contributed by atoms with Crippen LogP contribution in [0.15, 0.2) is 53.6 Å². The molecule has 1 amide bonds. The van der Waals surface area contributed by atoms with Gasteiger partial charge in [0.15, 0.2) is 0 Å². The van der Waals surface area contributed by atoms with Crippen LogP contribution < -0.4 is 5.43 Å². The van der Waals surface area contributed by atoms with E-state index in [1.807, 2.05) is 30.3 Å². The second-order valence-electron chi connectivity index (χ2n) is 4.70. The van der Waals surface area contributed by atoms with Crippen LogP contribution in [0.1, 0.15) is 21.5 Å². The molecule has 0 aliphatic carbocycles. The quantitative estimate of drug-likeness (QED) is 0.523. The first-order valence-electron chi connectivity index (χ1n) is 6.69. The van der Waals surface area contributed by atoms with Crippen LogP contribution in [-0.2, 0) is 6.42 Å². The van der Waals surface area contributed by atoms with Crippen molar-refractivity contribution in [2.75, 3.05) is 0 Å². The second kappa shape index (κ2) is 7.12. The van der Waals surface area contributed by atoms with Gasteiger partial charge in [-0.2, -0.15) is 5.10 Å². The average molecular weight is 297 g/mol. The first-order valence-corrected chi connectivity index (χ1v) is 6.69. The molecule has 6 nitrogen and oxygen atoms in total. The van der Waals surface area contributed by atoms with Crippen LogP contribution in [0.25, 0.3) is 0 Å². The van der Waals surface area contributed by atoms with Crippen LogP contribution in [0.4, 0.5) is 5.69 Å². The molecule has 2 rings (SSSR count). The number of aryl methyl sites for hydroxylation is 1. The number of hydrazone groups is 1. The molecule has 112 valence electrons. The first-order chi connectivity index (χ1) is 10.6. The molecule has 0 saturated heterocycles. The number of carbonyl (C=O) groups excluding carboxylic acids is 1. The zero-order valence-corrected chi connectivity index (χ0v) is 12.0. The highest BCUT2D eigenvalue weighted by molar-refractivity contribution is 5.94. The van der Waals surface area contributed by atoms with Crippen molar-refractivity contribution in [2.45, 2.75) is 13.3 Å². The van der Waals surface area contributed by atoms with Gasteiger partial charge in [0.25, 0.3) is 11.6 Å².